The summed E-state index contributed by atoms with van der Waals surface area (Å²) in [5.41, 5.74) is 5.58. The molecular weight excluding hydrogens is 256 g/mol. The predicted octanol–water partition coefficient (Wildman–Crippen LogP) is 2.10. The van der Waals surface area contributed by atoms with Gasteiger partial charge in [0.05, 0.1) is 0 Å². The van der Waals surface area contributed by atoms with Gasteiger partial charge in [0.25, 0.3) is 0 Å². The largest absolute Gasteiger partial charge is 0.480 e. The highest BCUT2D eigenvalue weighted by molar-refractivity contribution is 5.81. The lowest BCUT2D eigenvalue weighted by Gasteiger charge is -2.24. The van der Waals surface area contributed by atoms with Crippen LogP contribution in [0, 0.1) is 11.8 Å². The molecule has 0 saturated heterocycles. The third-order valence-electron chi connectivity index (χ3n) is 3.30. The smallest absolute Gasteiger partial charge is 0.323 e. The zero-order valence-corrected chi connectivity index (χ0v) is 13.1. The summed E-state index contributed by atoms with van der Waals surface area (Å²) >= 11 is 0. The topological polar surface area (TPSA) is 83.6 Å². The van der Waals surface area contributed by atoms with Gasteiger partial charge in [0.2, 0.25) is 5.91 Å². The molecule has 0 aromatic rings. The van der Waals surface area contributed by atoms with Gasteiger partial charge in [0, 0.05) is 13.0 Å². The number of amides is 1. The van der Waals surface area contributed by atoms with Gasteiger partial charge in [-0.3, -0.25) is 9.59 Å². The molecule has 0 aliphatic carbocycles. The summed E-state index contributed by atoms with van der Waals surface area (Å²) in [6.45, 7) is 7.03. The highest BCUT2D eigenvalue weighted by Gasteiger charge is 2.19. The Morgan fingerprint density at radius 2 is 1.85 bits per heavy atom. The minimum Gasteiger partial charge on any atom is -0.480 e. The number of rotatable bonds is 11. The average Bonchev–Trinajstić information content (AvgIpc) is 2.34. The highest BCUT2D eigenvalue weighted by atomic mass is 16.4. The first-order valence-electron chi connectivity index (χ1n) is 7.60. The highest BCUT2D eigenvalue weighted by Crippen LogP contribution is 2.18. The van der Waals surface area contributed by atoms with Crippen LogP contribution in [0.4, 0.5) is 0 Å². The van der Waals surface area contributed by atoms with Crippen molar-refractivity contribution in [2.45, 2.75) is 52.9 Å². The van der Waals surface area contributed by atoms with Gasteiger partial charge in [0.15, 0.2) is 0 Å². The van der Waals surface area contributed by atoms with Crippen molar-refractivity contribution in [3.8, 4) is 0 Å². The molecule has 0 radical (unpaired) electrons. The molecule has 0 heterocycles. The van der Waals surface area contributed by atoms with Gasteiger partial charge in [-0.2, -0.15) is 0 Å². The molecule has 0 rings (SSSR count). The Morgan fingerprint density at radius 1 is 1.20 bits per heavy atom. The number of carbonyl (C=O) groups excluding carboxylic acids is 1. The number of carbonyl (C=O) groups is 2. The minimum absolute atomic E-state index is 0.0563. The van der Waals surface area contributed by atoms with Gasteiger partial charge in [-0.05, 0) is 31.2 Å². The maximum absolute atomic E-state index is 12.2. The molecule has 0 aromatic carbocycles. The molecule has 0 spiro atoms. The lowest BCUT2D eigenvalue weighted by atomic mass is 9.94. The zero-order chi connectivity index (χ0) is 15.5. The molecule has 20 heavy (non-hydrogen) atoms. The Labute approximate surface area is 122 Å². The van der Waals surface area contributed by atoms with Crippen LogP contribution in [0.3, 0.4) is 0 Å². The summed E-state index contributed by atoms with van der Waals surface area (Å²) in [5.74, 6) is -0.265. The predicted molar refractivity (Wildman–Crippen MR) is 80.4 cm³/mol. The fraction of sp³-hybridized carbons (Fsp3) is 0.867. The van der Waals surface area contributed by atoms with Crippen LogP contribution in [-0.2, 0) is 9.59 Å². The fourth-order valence-corrected chi connectivity index (χ4v) is 2.42. The second kappa shape index (κ2) is 10.7. The standard InChI is InChI=1S/C15H30N2O3/c1-4-5-13(8-9-16)6-7-14(18)17(10-12(2)3)11-15(19)20/h12-13H,4-11,16H2,1-3H3,(H,19,20). The van der Waals surface area contributed by atoms with Gasteiger partial charge < -0.3 is 15.7 Å². The van der Waals surface area contributed by atoms with Crippen molar-refractivity contribution in [3.63, 3.8) is 0 Å². The monoisotopic (exact) mass is 286 g/mol. The van der Waals surface area contributed by atoms with Crippen molar-refractivity contribution in [1.82, 2.24) is 4.90 Å². The molecule has 0 saturated carbocycles. The molecule has 1 unspecified atom stereocenters. The maximum Gasteiger partial charge on any atom is 0.323 e. The molecule has 0 aromatic heterocycles. The van der Waals surface area contributed by atoms with E-state index in [1.54, 1.807) is 0 Å². The van der Waals surface area contributed by atoms with E-state index in [1.165, 1.54) is 4.90 Å². The van der Waals surface area contributed by atoms with Gasteiger partial charge in [-0.25, -0.2) is 0 Å². The van der Waals surface area contributed by atoms with Crippen LogP contribution in [0.1, 0.15) is 52.9 Å². The third kappa shape index (κ3) is 8.91. The van der Waals surface area contributed by atoms with Crippen molar-refractivity contribution in [3.05, 3.63) is 0 Å². The van der Waals surface area contributed by atoms with Crippen LogP contribution >= 0.6 is 0 Å². The Kier molecular flexibility index (Phi) is 10.1. The number of nitrogens with two attached hydrogens (primary N) is 1. The molecule has 0 fully saturated rings. The van der Waals surface area contributed by atoms with Crippen LogP contribution in [0.2, 0.25) is 0 Å². The molecule has 0 aliphatic heterocycles. The van der Waals surface area contributed by atoms with Crippen molar-refractivity contribution in [2.24, 2.45) is 17.6 Å². The van der Waals surface area contributed by atoms with E-state index in [9.17, 15) is 9.59 Å². The minimum atomic E-state index is -0.953. The normalized spacial score (nSPS) is 12.4. The molecule has 3 N–H and O–H groups in total. The fourth-order valence-electron chi connectivity index (χ4n) is 2.42. The third-order valence-corrected chi connectivity index (χ3v) is 3.30. The van der Waals surface area contributed by atoms with Crippen molar-refractivity contribution in [2.75, 3.05) is 19.6 Å². The maximum atomic E-state index is 12.2. The molecule has 0 bridgehead atoms. The summed E-state index contributed by atoms with van der Waals surface area (Å²) in [5, 5.41) is 8.88. The van der Waals surface area contributed by atoms with Crippen molar-refractivity contribution < 1.29 is 14.7 Å². The number of hydrogen-bond acceptors (Lipinski definition) is 3. The molecule has 1 amide bonds. The Morgan fingerprint density at radius 3 is 2.30 bits per heavy atom. The van der Waals surface area contributed by atoms with E-state index >= 15 is 0 Å². The number of aliphatic carboxylic acids is 1. The van der Waals surface area contributed by atoms with E-state index in [0.29, 0.717) is 25.4 Å². The molecule has 0 aliphatic rings. The van der Waals surface area contributed by atoms with E-state index in [2.05, 4.69) is 6.92 Å². The summed E-state index contributed by atoms with van der Waals surface area (Å²) in [6, 6.07) is 0. The van der Waals surface area contributed by atoms with Gasteiger partial charge in [-0.1, -0.05) is 33.6 Å². The van der Waals surface area contributed by atoms with E-state index in [0.717, 1.165) is 25.7 Å². The second-order valence-corrected chi connectivity index (χ2v) is 5.83. The quantitative estimate of drug-likeness (QED) is 0.609. The second-order valence-electron chi connectivity index (χ2n) is 5.83. The first-order chi connectivity index (χ1) is 9.40. The first kappa shape index (κ1) is 18.9. The van der Waals surface area contributed by atoms with Crippen molar-refractivity contribution in [1.29, 1.82) is 0 Å². The van der Waals surface area contributed by atoms with E-state index in [4.69, 9.17) is 10.8 Å². The summed E-state index contributed by atoms with van der Waals surface area (Å²) in [4.78, 5) is 24.4. The van der Waals surface area contributed by atoms with Crippen molar-refractivity contribution >= 4 is 11.9 Å². The lowest BCUT2D eigenvalue weighted by Crippen LogP contribution is -2.38. The summed E-state index contributed by atoms with van der Waals surface area (Å²) in [6.07, 6.45) is 4.32. The molecule has 118 valence electrons. The van der Waals surface area contributed by atoms with Crippen LogP contribution in [0.15, 0.2) is 0 Å². The summed E-state index contributed by atoms with van der Waals surface area (Å²) in [7, 11) is 0. The van der Waals surface area contributed by atoms with Gasteiger partial charge in [-0.15, -0.1) is 0 Å². The number of hydrogen-bond donors (Lipinski definition) is 2. The Balaban J connectivity index is 4.38. The SMILES string of the molecule is CCCC(CCN)CCC(=O)N(CC(=O)O)CC(C)C. The first-order valence-corrected chi connectivity index (χ1v) is 7.60. The molecular formula is C15H30N2O3. The zero-order valence-electron chi connectivity index (χ0n) is 13.1. The van der Waals surface area contributed by atoms with Gasteiger partial charge >= 0.3 is 5.97 Å². The van der Waals surface area contributed by atoms with E-state index in [-0.39, 0.29) is 18.4 Å². The van der Waals surface area contributed by atoms with Crippen LogP contribution in [-0.4, -0.2) is 41.5 Å². The van der Waals surface area contributed by atoms with Crippen LogP contribution < -0.4 is 5.73 Å². The number of nitrogens with zero attached hydrogens (tertiary/aromatic N) is 1. The Hall–Kier alpha value is -1.10. The molecule has 1 atom stereocenters. The van der Waals surface area contributed by atoms with Crippen LogP contribution in [0.5, 0.6) is 0 Å². The molecule has 5 nitrogen and oxygen atoms in total. The molecule has 5 heteroatoms. The van der Waals surface area contributed by atoms with E-state index < -0.39 is 5.97 Å². The van der Waals surface area contributed by atoms with Crippen LogP contribution in [0.25, 0.3) is 0 Å². The number of carboxylic acids is 1. The average molecular weight is 286 g/mol. The Bertz CT molecular complexity index is 287. The lowest BCUT2D eigenvalue weighted by molar-refractivity contribution is -0.145. The van der Waals surface area contributed by atoms with E-state index in [1.807, 2.05) is 13.8 Å². The van der Waals surface area contributed by atoms with Gasteiger partial charge in [0.1, 0.15) is 6.54 Å². The summed E-state index contributed by atoms with van der Waals surface area (Å²) < 4.78 is 0. The number of carboxylic acid groups (broad SMARTS) is 1.